The fraction of sp³-hybridized carbons (Fsp3) is 0.471. The fourth-order valence-electron chi connectivity index (χ4n) is 2.69. The fourth-order valence-corrected chi connectivity index (χ4v) is 2.69. The van der Waals surface area contributed by atoms with Gasteiger partial charge in [0.2, 0.25) is 0 Å². The molecule has 0 aliphatic carbocycles. The number of aryl methyl sites for hydroxylation is 2. The van der Waals surface area contributed by atoms with Gasteiger partial charge in [0.15, 0.2) is 0 Å². The minimum Gasteiger partial charge on any atom is -0.319 e. The van der Waals surface area contributed by atoms with Crippen molar-refractivity contribution < 1.29 is 4.39 Å². The van der Waals surface area contributed by atoms with Gasteiger partial charge in [-0.3, -0.25) is 4.68 Å². The largest absolute Gasteiger partial charge is 0.319 e. The van der Waals surface area contributed by atoms with Crippen LogP contribution in [-0.2, 0) is 26.3 Å². The Labute approximate surface area is 126 Å². The number of rotatable bonds is 7. The molecule has 0 aliphatic heterocycles. The summed E-state index contributed by atoms with van der Waals surface area (Å²) < 4.78 is 15.0. The lowest BCUT2D eigenvalue weighted by Crippen LogP contribution is -2.23. The molecule has 3 nitrogen and oxygen atoms in total. The van der Waals surface area contributed by atoms with Gasteiger partial charge in [-0.2, -0.15) is 5.10 Å². The summed E-state index contributed by atoms with van der Waals surface area (Å²) in [5.74, 6) is 0.295. The number of benzene rings is 1. The molecule has 21 heavy (non-hydrogen) atoms. The average Bonchev–Trinajstić information content (AvgIpc) is 2.82. The summed E-state index contributed by atoms with van der Waals surface area (Å²) >= 11 is 0. The van der Waals surface area contributed by atoms with Crippen molar-refractivity contribution in [3.63, 3.8) is 0 Å². The highest BCUT2D eigenvalue weighted by atomic mass is 19.1. The van der Waals surface area contributed by atoms with Crippen molar-refractivity contribution >= 4 is 0 Å². The topological polar surface area (TPSA) is 29.9 Å². The molecule has 4 heteroatoms. The zero-order valence-electron chi connectivity index (χ0n) is 13.1. The first-order valence-electron chi connectivity index (χ1n) is 7.53. The zero-order valence-corrected chi connectivity index (χ0v) is 13.1. The highest BCUT2D eigenvalue weighted by Crippen LogP contribution is 2.16. The first kappa shape index (κ1) is 15.7. The first-order valence-corrected chi connectivity index (χ1v) is 7.53. The van der Waals surface area contributed by atoms with E-state index < -0.39 is 0 Å². The molecule has 0 bridgehead atoms. The second kappa shape index (κ2) is 7.36. The Hall–Kier alpha value is -1.68. The van der Waals surface area contributed by atoms with Crippen LogP contribution in [0.15, 0.2) is 30.3 Å². The molecule has 0 fully saturated rings. The number of hydrogen-bond acceptors (Lipinski definition) is 2. The average molecular weight is 289 g/mol. The van der Waals surface area contributed by atoms with E-state index in [2.05, 4.69) is 23.4 Å². The number of hydrogen-bond donors (Lipinski definition) is 1. The van der Waals surface area contributed by atoms with Gasteiger partial charge in [0.1, 0.15) is 5.82 Å². The minimum absolute atomic E-state index is 0.178. The molecule has 0 amide bonds. The van der Waals surface area contributed by atoms with Crippen molar-refractivity contribution in [1.29, 1.82) is 0 Å². The minimum atomic E-state index is -0.178. The third-order valence-corrected chi connectivity index (χ3v) is 3.82. The van der Waals surface area contributed by atoms with Crippen LogP contribution >= 0.6 is 0 Å². The summed E-state index contributed by atoms with van der Waals surface area (Å²) in [6, 6.07) is 9.00. The maximum Gasteiger partial charge on any atom is 0.123 e. The highest BCUT2D eigenvalue weighted by Gasteiger charge is 2.13. The Morgan fingerprint density at radius 1 is 1.24 bits per heavy atom. The molecule has 0 saturated heterocycles. The van der Waals surface area contributed by atoms with Gasteiger partial charge in [-0.15, -0.1) is 0 Å². The molecule has 2 aromatic rings. The van der Waals surface area contributed by atoms with Gasteiger partial charge < -0.3 is 5.32 Å². The van der Waals surface area contributed by atoms with E-state index in [4.69, 9.17) is 0 Å². The quantitative estimate of drug-likeness (QED) is 0.849. The van der Waals surface area contributed by atoms with Crippen LogP contribution in [-0.4, -0.2) is 23.4 Å². The smallest absolute Gasteiger partial charge is 0.123 e. The maximum atomic E-state index is 13.0. The number of aromatic nitrogens is 2. The van der Waals surface area contributed by atoms with Crippen LogP contribution in [0.2, 0.25) is 0 Å². The van der Waals surface area contributed by atoms with Crippen LogP contribution in [0.5, 0.6) is 0 Å². The molecule has 1 N–H and O–H groups in total. The van der Waals surface area contributed by atoms with Crippen LogP contribution in [0.3, 0.4) is 0 Å². The predicted molar refractivity (Wildman–Crippen MR) is 83.8 cm³/mol. The van der Waals surface area contributed by atoms with Crippen molar-refractivity contribution in [2.45, 2.75) is 26.2 Å². The molecule has 2 rings (SSSR count). The van der Waals surface area contributed by atoms with Crippen molar-refractivity contribution in [1.82, 2.24) is 15.1 Å². The van der Waals surface area contributed by atoms with Gasteiger partial charge in [0.05, 0.1) is 5.69 Å². The van der Waals surface area contributed by atoms with Gasteiger partial charge >= 0.3 is 0 Å². The third kappa shape index (κ3) is 4.39. The van der Waals surface area contributed by atoms with E-state index in [0.717, 1.165) is 31.5 Å². The van der Waals surface area contributed by atoms with E-state index in [9.17, 15) is 4.39 Å². The van der Waals surface area contributed by atoms with E-state index in [-0.39, 0.29) is 5.82 Å². The summed E-state index contributed by atoms with van der Waals surface area (Å²) in [4.78, 5) is 0. The van der Waals surface area contributed by atoms with E-state index in [1.54, 1.807) is 0 Å². The second-order valence-corrected chi connectivity index (χ2v) is 5.56. The van der Waals surface area contributed by atoms with Crippen molar-refractivity contribution in [3.8, 4) is 0 Å². The molecular formula is C17H24FN3. The van der Waals surface area contributed by atoms with Crippen LogP contribution in [0.4, 0.5) is 4.39 Å². The lowest BCUT2D eigenvalue weighted by molar-refractivity contribution is 0.476. The van der Waals surface area contributed by atoms with Gasteiger partial charge in [-0.25, -0.2) is 4.39 Å². The molecule has 1 aromatic heterocycles. The molecule has 0 saturated carbocycles. The van der Waals surface area contributed by atoms with Gasteiger partial charge in [0.25, 0.3) is 0 Å². The van der Waals surface area contributed by atoms with Crippen LogP contribution in [0, 0.1) is 11.7 Å². The first-order chi connectivity index (χ1) is 10.1. The van der Waals surface area contributed by atoms with Crippen molar-refractivity contribution in [2.24, 2.45) is 13.0 Å². The molecule has 0 aliphatic rings. The molecule has 0 spiro atoms. The van der Waals surface area contributed by atoms with E-state index in [0.29, 0.717) is 5.92 Å². The summed E-state index contributed by atoms with van der Waals surface area (Å²) in [5, 5.41) is 7.76. The van der Waals surface area contributed by atoms with Crippen molar-refractivity contribution in [3.05, 3.63) is 53.1 Å². The normalized spacial score (nSPS) is 12.6. The molecule has 0 radical (unpaired) electrons. The third-order valence-electron chi connectivity index (χ3n) is 3.82. The van der Waals surface area contributed by atoms with E-state index in [1.807, 2.05) is 30.9 Å². The Morgan fingerprint density at radius 2 is 1.95 bits per heavy atom. The highest BCUT2D eigenvalue weighted by molar-refractivity contribution is 5.18. The van der Waals surface area contributed by atoms with Gasteiger partial charge in [0, 0.05) is 12.7 Å². The predicted octanol–water partition coefficient (Wildman–Crippen LogP) is 2.74. The summed E-state index contributed by atoms with van der Waals surface area (Å²) in [6.45, 7) is 3.06. The van der Waals surface area contributed by atoms with E-state index >= 15 is 0 Å². The molecule has 1 unspecified atom stereocenters. The summed E-state index contributed by atoms with van der Waals surface area (Å²) in [6.07, 6.45) is 2.87. The number of nitrogens with zero attached hydrogens (tertiary/aromatic N) is 2. The van der Waals surface area contributed by atoms with E-state index in [1.165, 1.54) is 23.4 Å². The van der Waals surface area contributed by atoms with Crippen LogP contribution in [0.1, 0.15) is 23.9 Å². The molecule has 1 aromatic carbocycles. The Morgan fingerprint density at radius 3 is 2.52 bits per heavy atom. The Balaban J connectivity index is 2.07. The van der Waals surface area contributed by atoms with Crippen molar-refractivity contribution in [2.75, 3.05) is 13.6 Å². The SMILES string of the molecule is CCc1cc(CC(CNC)Cc2ccc(F)cc2)n(C)n1. The Bertz CT molecular complexity index is 560. The Kier molecular flexibility index (Phi) is 5.51. The second-order valence-electron chi connectivity index (χ2n) is 5.56. The number of halogens is 1. The van der Waals surface area contributed by atoms with Gasteiger partial charge in [-0.1, -0.05) is 19.1 Å². The maximum absolute atomic E-state index is 13.0. The standard InChI is InChI=1S/C17H24FN3/c1-4-16-11-17(21(3)20-16)10-14(12-19-2)9-13-5-7-15(18)8-6-13/h5-8,11,14,19H,4,9-10,12H2,1-3H3. The number of nitrogens with one attached hydrogen (secondary N) is 1. The monoisotopic (exact) mass is 289 g/mol. The molecule has 1 atom stereocenters. The van der Waals surface area contributed by atoms with Crippen LogP contribution < -0.4 is 5.32 Å². The summed E-state index contributed by atoms with van der Waals surface area (Å²) in [7, 11) is 3.97. The molecular weight excluding hydrogens is 265 g/mol. The van der Waals surface area contributed by atoms with Gasteiger partial charge in [-0.05, 0) is 62.5 Å². The summed E-state index contributed by atoms with van der Waals surface area (Å²) in [5.41, 5.74) is 3.57. The lowest BCUT2D eigenvalue weighted by atomic mass is 9.94. The molecule has 114 valence electrons. The van der Waals surface area contributed by atoms with Crippen LogP contribution in [0.25, 0.3) is 0 Å². The lowest BCUT2D eigenvalue weighted by Gasteiger charge is -2.16. The zero-order chi connectivity index (χ0) is 15.2. The molecule has 1 heterocycles.